The van der Waals surface area contributed by atoms with Gasteiger partial charge in [-0.25, -0.2) is 9.97 Å². The van der Waals surface area contributed by atoms with Crippen LogP contribution in [0.1, 0.15) is 15.9 Å². The number of nitrogens with zero attached hydrogens (tertiary/aromatic N) is 2. The van der Waals surface area contributed by atoms with Crippen LogP contribution in [-0.4, -0.2) is 30.0 Å². The molecule has 0 spiro atoms. The first-order chi connectivity index (χ1) is 10.1. The van der Waals surface area contributed by atoms with Gasteiger partial charge in [0.1, 0.15) is 11.0 Å². The first-order valence-electron chi connectivity index (χ1n) is 6.25. The Balaban J connectivity index is 2.02. The number of pyridine rings is 2. The summed E-state index contributed by atoms with van der Waals surface area (Å²) < 4.78 is 4.98. The van der Waals surface area contributed by atoms with Gasteiger partial charge in [-0.1, -0.05) is 17.7 Å². The minimum atomic E-state index is -0.230. The molecule has 0 unspecified atom stereocenters. The van der Waals surface area contributed by atoms with Gasteiger partial charge >= 0.3 is 0 Å². The lowest BCUT2D eigenvalue weighted by Crippen LogP contribution is -2.23. The fourth-order valence-corrected chi connectivity index (χ4v) is 1.89. The number of aromatic nitrogens is 2. The van der Waals surface area contributed by atoms with Gasteiger partial charge in [-0.05, 0) is 17.7 Å². The first kappa shape index (κ1) is 15.1. The lowest BCUT2D eigenvalue weighted by atomic mass is 10.2. The van der Waals surface area contributed by atoms with Crippen LogP contribution in [0.3, 0.4) is 0 Å². The average molecular weight is 307 g/mol. The van der Waals surface area contributed by atoms with Gasteiger partial charge in [0, 0.05) is 31.4 Å². The number of anilines is 1. The van der Waals surface area contributed by atoms with E-state index in [4.69, 9.17) is 16.3 Å². The van der Waals surface area contributed by atoms with E-state index >= 15 is 0 Å². The maximum atomic E-state index is 12.1. The van der Waals surface area contributed by atoms with Crippen molar-refractivity contribution >= 4 is 23.3 Å². The maximum absolute atomic E-state index is 12.1. The Morgan fingerprint density at radius 2 is 2.19 bits per heavy atom. The second kappa shape index (κ2) is 6.90. The summed E-state index contributed by atoms with van der Waals surface area (Å²) in [5.74, 6) is 0.843. The summed E-state index contributed by atoms with van der Waals surface area (Å²) >= 11 is 5.87. The van der Waals surface area contributed by atoms with Crippen molar-refractivity contribution in [2.24, 2.45) is 0 Å². The van der Waals surface area contributed by atoms with Crippen molar-refractivity contribution in [1.29, 1.82) is 0 Å². The van der Waals surface area contributed by atoms with Crippen molar-refractivity contribution in [2.75, 3.05) is 19.5 Å². The standard InChI is InChI=1S/C14H15ClN4O2/c1-16-12-6-10(5-11(15)19-12)14(20)18-8-9-3-4-13(21-2)17-7-9/h3-7H,8H2,1-2H3,(H,16,19)(H,18,20). The van der Waals surface area contributed by atoms with Crippen LogP contribution >= 0.6 is 11.6 Å². The number of halogens is 1. The number of carbonyl (C=O) groups is 1. The second-order valence-corrected chi connectivity index (χ2v) is 4.59. The molecule has 0 fully saturated rings. The summed E-state index contributed by atoms with van der Waals surface area (Å²) in [6, 6.07) is 6.73. The van der Waals surface area contributed by atoms with Crippen LogP contribution in [0.5, 0.6) is 5.88 Å². The van der Waals surface area contributed by atoms with E-state index < -0.39 is 0 Å². The predicted molar refractivity (Wildman–Crippen MR) is 80.8 cm³/mol. The van der Waals surface area contributed by atoms with Gasteiger partial charge < -0.3 is 15.4 Å². The molecule has 110 valence electrons. The van der Waals surface area contributed by atoms with Gasteiger partial charge in [-0.15, -0.1) is 0 Å². The van der Waals surface area contributed by atoms with Crippen molar-refractivity contribution in [3.8, 4) is 5.88 Å². The highest BCUT2D eigenvalue weighted by Gasteiger charge is 2.09. The largest absolute Gasteiger partial charge is 0.481 e. The molecule has 7 heteroatoms. The summed E-state index contributed by atoms with van der Waals surface area (Å²) in [4.78, 5) is 20.2. The highest BCUT2D eigenvalue weighted by molar-refractivity contribution is 6.29. The Morgan fingerprint density at radius 3 is 2.81 bits per heavy atom. The third-order valence-corrected chi connectivity index (χ3v) is 2.97. The Morgan fingerprint density at radius 1 is 1.38 bits per heavy atom. The maximum Gasteiger partial charge on any atom is 0.251 e. The van der Waals surface area contributed by atoms with Crippen LogP contribution in [-0.2, 0) is 6.54 Å². The number of hydrogen-bond donors (Lipinski definition) is 2. The average Bonchev–Trinajstić information content (AvgIpc) is 2.52. The molecule has 0 bridgehead atoms. The number of nitrogens with one attached hydrogen (secondary N) is 2. The van der Waals surface area contributed by atoms with E-state index in [0.29, 0.717) is 23.8 Å². The number of methoxy groups -OCH3 is 1. The van der Waals surface area contributed by atoms with Crippen molar-refractivity contribution in [3.05, 3.63) is 46.7 Å². The van der Waals surface area contributed by atoms with E-state index in [-0.39, 0.29) is 11.1 Å². The van der Waals surface area contributed by atoms with Gasteiger partial charge in [0.25, 0.3) is 5.91 Å². The molecular weight excluding hydrogens is 292 g/mol. The molecule has 2 aromatic heterocycles. The molecule has 2 aromatic rings. The van der Waals surface area contributed by atoms with Crippen LogP contribution in [0, 0.1) is 0 Å². The number of amides is 1. The van der Waals surface area contributed by atoms with E-state index in [2.05, 4.69) is 20.6 Å². The Labute approximate surface area is 127 Å². The third kappa shape index (κ3) is 4.06. The van der Waals surface area contributed by atoms with E-state index in [1.54, 1.807) is 32.5 Å². The van der Waals surface area contributed by atoms with E-state index in [1.165, 1.54) is 6.07 Å². The van der Waals surface area contributed by atoms with Crippen molar-refractivity contribution < 1.29 is 9.53 Å². The Hall–Kier alpha value is -2.34. The lowest BCUT2D eigenvalue weighted by Gasteiger charge is -2.07. The van der Waals surface area contributed by atoms with Gasteiger partial charge in [-0.2, -0.15) is 0 Å². The first-order valence-corrected chi connectivity index (χ1v) is 6.62. The number of rotatable bonds is 5. The SMILES string of the molecule is CNc1cc(C(=O)NCc2ccc(OC)nc2)cc(Cl)n1. The molecule has 0 saturated heterocycles. The highest BCUT2D eigenvalue weighted by atomic mass is 35.5. The lowest BCUT2D eigenvalue weighted by molar-refractivity contribution is 0.0951. The molecule has 2 rings (SSSR count). The van der Waals surface area contributed by atoms with Gasteiger partial charge in [0.05, 0.1) is 7.11 Å². The normalized spacial score (nSPS) is 10.0. The van der Waals surface area contributed by atoms with E-state index in [9.17, 15) is 4.79 Å². The van der Waals surface area contributed by atoms with Crippen LogP contribution in [0.4, 0.5) is 5.82 Å². The summed E-state index contributed by atoms with van der Waals surface area (Å²) in [6.07, 6.45) is 1.65. The number of hydrogen-bond acceptors (Lipinski definition) is 5. The van der Waals surface area contributed by atoms with Crippen LogP contribution in [0.15, 0.2) is 30.5 Å². The highest BCUT2D eigenvalue weighted by Crippen LogP contribution is 2.14. The minimum Gasteiger partial charge on any atom is -0.481 e. The predicted octanol–water partition coefficient (Wildman–Crippen LogP) is 2.11. The van der Waals surface area contributed by atoms with E-state index in [0.717, 1.165) is 5.56 Å². The second-order valence-electron chi connectivity index (χ2n) is 4.21. The Kier molecular flexibility index (Phi) is 4.94. The smallest absolute Gasteiger partial charge is 0.251 e. The van der Waals surface area contributed by atoms with Gasteiger partial charge in [0.15, 0.2) is 0 Å². The number of ether oxygens (including phenoxy) is 1. The van der Waals surface area contributed by atoms with Crippen LogP contribution < -0.4 is 15.4 Å². The quantitative estimate of drug-likeness (QED) is 0.827. The molecule has 1 amide bonds. The monoisotopic (exact) mass is 306 g/mol. The number of carbonyl (C=O) groups excluding carboxylic acids is 1. The zero-order valence-electron chi connectivity index (χ0n) is 11.7. The molecule has 0 aliphatic heterocycles. The zero-order valence-corrected chi connectivity index (χ0v) is 12.4. The molecule has 2 N–H and O–H groups in total. The van der Waals surface area contributed by atoms with Crippen molar-refractivity contribution in [2.45, 2.75) is 6.54 Å². The third-order valence-electron chi connectivity index (χ3n) is 2.77. The molecule has 6 nitrogen and oxygen atoms in total. The molecule has 21 heavy (non-hydrogen) atoms. The van der Waals surface area contributed by atoms with Crippen molar-refractivity contribution in [3.63, 3.8) is 0 Å². The summed E-state index contributed by atoms with van der Waals surface area (Å²) in [7, 11) is 3.26. The molecule has 0 radical (unpaired) electrons. The molecule has 2 heterocycles. The van der Waals surface area contributed by atoms with Gasteiger partial charge in [-0.3, -0.25) is 4.79 Å². The van der Waals surface area contributed by atoms with Crippen LogP contribution in [0.25, 0.3) is 0 Å². The molecule has 0 atom stereocenters. The Bertz CT molecular complexity index is 631. The minimum absolute atomic E-state index is 0.230. The summed E-state index contributed by atoms with van der Waals surface area (Å²) in [5, 5.41) is 5.91. The topological polar surface area (TPSA) is 76.1 Å². The summed E-state index contributed by atoms with van der Waals surface area (Å²) in [5.41, 5.74) is 1.32. The molecule has 0 aliphatic carbocycles. The molecule has 0 aliphatic rings. The van der Waals surface area contributed by atoms with Gasteiger partial charge in [0.2, 0.25) is 5.88 Å². The molecule has 0 aromatic carbocycles. The molecule has 0 saturated carbocycles. The fraction of sp³-hybridized carbons (Fsp3) is 0.214. The van der Waals surface area contributed by atoms with Crippen molar-refractivity contribution in [1.82, 2.24) is 15.3 Å². The summed E-state index contributed by atoms with van der Waals surface area (Å²) in [6.45, 7) is 0.366. The zero-order chi connectivity index (χ0) is 15.2. The van der Waals surface area contributed by atoms with E-state index in [1.807, 2.05) is 6.07 Å². The molecular formula is C14H15ClN4O2. The fourth-order valence-electron chi connectivity index (χ4n) is 1.68. The van der Waals surface area contributed by atoms with Crippen LogP contribution in [0.2, 0.25) is 5.15 Å².